The van der Waals surface area contributed by atoms with Gasteiger partial charge in [-0.15, -0.1) is 0 Å². The summed E-state index contributed by atoms with van der Waals surface area (Å²) in [5, 5.41) is 6.28. The van der Waals surface area contributed by atoms with Crippen molar-refractivity contribution in [3.8, 4) is 0 Å². The van der Waals surface area contributed by atoms with Crippen molar-refractivity contribution >= 4 is 11.6 Å². The van der Waals surface area contributed by atoms with Gasteiger partial charge >= 0.3 is 0 Å². The first kappa shape index (κ1) is 13.6. The minimum atomic E-state index is -0.0940. The van der Waals surface area contributed by atoms with Crippen molar-refractivity contribution in [2.24, 2.45) is 0 Å². The van der Waals surface area contributed by atoms with Crippen LogP contribution in [-0.4, -0.2) is 16.9 Å². The van der Waals surface area contributed by atoms with Crippen molar-refractivity contribution < 1.29 is 4.79 Å². The number of amides is 1. The average Bonchev–Trinajstić information content (AvgIpc) is 3.29. The fourth-order valence-corrected chi connectivity index (χ4v) is 2.21. The summed E-state index contributed by atoms with van der Waals surface area (Å²) in [4.78, 5) is 16.3. The summed E-state index contributed by atoms with van der Waals surface area (Å²) in [6.45, 7) is 2.57. The van der Waals surface area contributed by atoms with Crippen LogP contribution in [0.15, 0.2) is 42.7 Å². The van der Waals surface area contributed by atoms with Gasteiger partial charge in [0.1, 0.15) is 0 Å². The van der Waals surface area contributed by atoms with Crippen LogP contribution in [0.1, 0.15) is 34.3 Å². The van der Waals surface area contributed by atoms with Crippen molar-refractivity contribution in [1.82, 2.24) is 10.3 Å². The molecule has 0 saturated heterocycles. The van der Waals surface area contributed by atoms with E-state index in [4.69, 9.17) is 0 Å². The van der Waals surface area contributed by atoms with Crippen LogP contribution >= 0.6 is 0 Å². The van der Waals surface area contributed by atoms with E-state index in [0.717, 1.165) is 11.3 Å². The molecule has 1 heterocycles. The van der Waals surface area contributed by atoms with Crippen molar-refractivity contribution in [1.29, 1.82) is 0 Å². The quantitative estimate of drug-likeness (QED) is 0.886. The third kappa shape index (κ3) is 3.81. The minimum Gasteiger partial charge on any atom is -0.381 e. The number of benzene rings is 1. The molecular formula is C17H19N3O. The average molecular weight is 281 g/mol. The standard InChI is InChI=1S/C17H19N3O/c1-12-3-2-4-13(7-12)9-19-17(21)14-8-16(11-18-10-14)20-15-5-6-15/h2-4,7-8,10-11,15,20H,5-6,9H2,1H3,(H,19,21). The Bertz CT molecular complexity index is 650. The van der Waals surface area contributed by atoms with Crippen LogP contribution in [0.4, 0.5) is 5.69 Å². The fraction of sp³-hybridized carbons (Fsp3) is 0.294. The molecule has 0 bridgehead atoms. The third-order valence-electron chi connectivity index (χ3n) is 3.48. The number of rotatable bonds is 5. The second-order valence-corrected chi connectivity index (χ2v) is 5.55. The Kier molecular flexibility index (Phi) is 3.86. The maximum atomic E-state index is 12.2. The number of pyridine rings is 1. The number of hydrogen-bond donors (Lipinski definition) is 2. The Morgan fingerprint density at radius 1 is 1.29 bits per heavy atom. The number of carbonyl (C=O) groups excluding carboxylic acids is 1. The van der Waals surface area contributed by atoms with E-state index in [1.54, 1.807) is 12.4 Å². The maximum Gasteiger partial charge on any atom is 0.253 e. The lowest BCUT2D eigenvalue weighted by Gasteiger charge is -2.08. The van der Waals surface area contributed by atoms with Crippen molar-refractivity contribution in [2.75, 3.05) is 5.32 Å². The monoisotopic (exact) mass is 281 g/mol. The molecule has 0 unspecified atom stereocenters. The molecule has 0 radical (unpaired) electrons. The van der Waals surface area contributed by atoms with Crippen molar-refractivity contribution in [2.45, 2.75) is 32.4 Å². The number of nitrogens with one attached hydrogen (secondary N) is 2. The van der Waals surface area contributed by atoms with E-state index in [1.807, 2.05) is 31.2 Å². The topological polar surface area (TPSA) is 54.0 Å². The highest BCUT2D eigenvalue weighted by Crippen LogP contribution is 2.24. The molecule has 1 fully saturated rings. The lowest BCUT2D eigenvalue weighted by Crippen LogP contribution is -2.23. The van der Waals surface area contributed by atoms with E-state index in [0.29, 0.717) is 18.2 Å². The van der Waals surface area contributed by atoms with Gasteiger partial charge < -0.3 is 10.6 Å². The fourth-order valence-electron chi connectivity index (χ4n) is 2.21. The van der Waals surface area contributed by atoms with E-state index in [-0.39, 0.29) is 5.91 Å². The summed E-state index contributed by atoms with van der Waals surface area (Å²) in [5.41, 5.74) is 3.80. The molecule has 1 amide bonds. The van der Waals surface area contributed by atoms with Gasteiger partial charge in [-0.1, -0.05) is 29.8 Å². The zero-order valence-corrected chi connectivity index (χ0v) is 12.1. The smallest absolute Gasteiger partial charge is 0.253 e. The highest BCUT2D eigenvalue weighted by atomic mass is 16.1. The van der Waals surface area contributed by atoms with Crippen LogP contribution in [0.3, 0.4) is 0 Å². The van der Waals surface area contributed by atoms with E-state index in [1.165, 1.54) is 18.4 Å². The number of nitrogens with zero attached hydrogens (tertiary/aromatic N) is 1. The van der Waals surface area contributed by atoms with E-state index in [9.17, 15) is 4.79 Å². The van der Waals surface area contributed by atoms with Crippen molar-refractivity contribution in [3.63, 3.8) is 0 Å². The summed E-state index contributed by atoms with van der Waals surface area (Å²) < 4.78 is 0. The first-order valence-electron chi connectivity index (χ1n) is 7.26. The number of hydrogen-bond acceptors (Lipinski definition) is 3. The second-order valence-electron chi connectivity index (χ2n) is 5.55. The van der Waals surface area contributed by atoms with Gasteiger partial charge in [-0.3, -0.25) is 9.78 Å². The van der Waals surface area contributed by atoms with Gasteiger partial charge in [0.2, 0.25) is 0 Å². The molecule has 1 aromatic heterocycles. The second kappa shape index (κ2) is 5.95. The summed E-state index contributed by atoms with van der Waals surface area (Å²) in [6.07, 6.45) is 5.76. The van der Waals surface area contributed by atoms with Crippen LogP contribution < -0.4 is 10.6 Å². The highest BCUT2D eigenvalue weighted by molar-refractivity contribution is 5.94. The van der Waals surface area contributed by atoms with E-state index in [2.05, 4.69) is 21.7 Å². The number of carbonyl (C=O) groups is 1. The zero-order valence-electron chi connectivity index (χ0n) is 12.1. The van der Waals surface area contributed by atoms with Gasteiger partial charge in [0, 0.05) is 25.0 Å². The molecule has 21 heavy (non-hydrogen) atoms. The van der Waals surface area contributed by atoms with E-state index >= 15 is 0 Å². The molecule has 1 aliphatic carbocycles. The minimum absolute atomic E-state index is 0.0940. The normalized spacial score (nSPS) is 13.8. The lowest BCUT2D eigenvalue weighted by molar-refractivity contribution is 0.0950. The first-order valence-corrected chi connectivity index (χ1v) is 7.26. The Balaban J connectivity index is 1.61. The van der Waals surface area contributed by atoms with Crippen LogP contribution in [-0.2, 0) is 6.54 Å². The zero-order chi connectivity index (χ0) is 14.7. The Morgan fingerprint density at radius 2 is 2.14 bits per heavy atom. The lowest BCUT2D eigenvalue weighted by atomic mass is 10.1. The van der Waals surface area contributed by atoms with Crippen LogP contribution in [0, 0.1) is 6.92 Å². The molecule has 4 nitrogen and oxygen atoms in total. The SMILES string of the molecule is Cc1cccc(CNC(=O)c2cncc(NC3CC3)c2)c1. The number of anilines is 1. The van der Waals surface area contributed by atoms with E-state index < -0.39 is 0 Å². The van der Waals surface area contributed by atoms with Gasteiger partial charge in [0.15, 0.2) is 0 Å². The molecule has 0 aliphatic heterocycles. The van der Waals surface area contributed by atoms with Gasteiger partial charge in [-0.05, 0) is 31.4 Å². The molecule has 1 aliphatic rings. The van der Waals surface area contributed by atoms with Crippen LogP contribution in [0.25, 0.3) is 0 Å². The van der Waals surface area contributed by atoms with Gasteiger partial charge in [-0.25, -0.2) is 0 Å². The molecule has 108 valence electrons. The molecule has 0 atom stereocenters. The highest BCUT2D eigenvalue weighted by Gasteiger charge is 2.21. The summed E-state index contributed by atoms with van der Waals surface area (Å²) in [5.74, 6) is -0.0940. The van der Waals surface area contributed by atoms with Gasteiger partial charge in [0.25, 0.3) is 5.91 Å². The van der Waals surface area contributed by atoms with Crippen molar-refractivity contribution in [3.05, 3.63) is 59.4 Å². The molecule has 4 heteroatoms. The maximum absolute atomic E-state index is 12.2. The van der Waals surface area contributed by atoms with Gasteiger partial charge in [0.05, 0.1) is 11.3 Å². The Morgan fingerprint density at radius 3 is 2.90 bits per heavy atom. The number of aromatic nitrogens is 1. The molecule has 0 spiro atoms. The number of aryl methyl sites for hydroxylation is 1. The summed E-state index contributed by atoms with van der Waals surface area (Å²) in [6, 6.07) is 10.5. The Hall–Kier alpha value is -2.36. The largest absolute Gasteiger partial charge is 0.381 e. The Labute approximate surface area is 124 Å². The molecular weight excluding hydrogens is 262 g/mol. The molecule has 2 N–H and O–H groups in total. The predicted octanol–water partition coefficient (Wildman–Crippen LogP) is 2.89. The molecule has 1 aromatic carbocycles. The van der Waals surface area contributed by atoms with Crippen LogP contribution in [0.5, 0.6) is 0 Å². The summed E-state index contributed by atoms with van der Waals surface area (Å²) in [7, 11) is 0. The van der Waals surface area contributed by atoms with Crippen LogP contribution in [0.2, 0.25) is 0 Å². The molecule has 1 saturated carbocycles. The van der Waals surface area contributed by atoms with Gasteiger partial charge in [-0.2, -0.15) is 0 Å². The summed E-state index contributed by atoms with van der Waals surface area (Å²) >= 11 is 0. The molecule has 3 rings (SSSR count). The predicted molar refractivity (Wildman–Crippen MR) is 83.2 cm³/mol. The third-order valence-corrected chi connectivity index (χ3v) is 3.48. The first-order chi connectivity index (χ1) is 10.2. The molecule has 2 aromatic rings.